The van der Waals surface area contributed by atoms with Gasteiger partial charge in [-0.15, -0.1) is 0 Å². The van der Waals surface area contributed by atoms with Crippen LogP contribution in [0.4, 0.5) is 0 Å². The van der Waals surface area contributed by atoms with Gasteiger partial charge in [0.05, 0.1) is 6.04 Å². The molecule has 7 atom stereocenters. The van der Waals surface area contributed by atoms with E-state index in [1.54, 1.807) is 20.0 Å². The quantitative estimate of drug-likeness (QED) is 0.0844. The topological polar surface area (TPSA) is 194 Å². The van der Waals surface area contributed by atoms with Gasteiger partial charge in [-0.25, -0.2) is 9.32 Å². The maximum Gasteiger partial charge on any atom is 1.00 e. The number of nitrogens with zero attached hydrogens (tertiary/aromatic N) is 1. The molecule has 188 valence electrons. The largest absolute Gasteiger partial charge is 1.00 e. The van der Waals surface area contributed by atoms with E-state index in [-0.39, 0.29) is 48.3 Å². The smallest absolute Gasteiger partial charge is 0.861 e. The van der Waals surface area contributed by atoms with E-state index in [0.717, 1.165) is 10.9 Å². The van der Waals surface area contributed by atoms with E-state index in [2.05, 4.69) is 15.1 Å². The summed E-state index contributed by atoms with van der Waals surface area (Å²) in [7, 11) is -4.21. The van der Waals surface area contributed by atoms with Gasteiger partial charge in [0.1, 0.15) is 24.4 Å². The van der Waals surface area contributed by atoms with E-state index < -0.39 is 56.0 Å². The number of fused-ring (bicyclic) bond motifs is 1. The van der Waals surface area contributed by atoms with Gasteiger partial charge in [0, 0.05) is 23.5 Å². The number of rotatable bonds is 9. The average Bonchev–Trinajstić information content (AvgIpc) is 3.18. The molecule has 2 heterocycles. The molecule has 11 nitrogen and oxygen atoms in total. The number of carbonyl (C=O) groups is 1. The molecule has 1 aliphatic rings. The standard InChI is InChI=1S/C22H32N3O8P.Na/c1-11(2)8-16(25-34(32)22(31)19(27)18(26)12(3)33-34)20(28)24-17(21(29)30)9-13-10-23-15-7-5-4-6-14(13)15;/h4-7,10-12,16-19,22-23,26-27,31H,8-9H2,1-3H3,(H,24,28)(H,25,32)(H,29,30);/q;+1/p-1/t12-,16-,17-,18-,19+,22-,34?;/m0./s1. The van der Waals surface area contributed by atoms with Gasteiger partial charge in [-0.1, -0.05) is 32.0 Å². The van der Waals surface area contributed by atoms with Crippen LogP contribution in [0.1, 0.15) is 32.8 Å². The second-order valence-corrected chi connectivity index (χ2v) is 11.2. The van der Waals surface area contributed by atoms with Gasteiger partial charge >= 0.3 is 35.5 Å². The zero-order valence-corrected chi connectivity index (χ0v) is 23.1. The number of aromatic amines is 1. The van der Waals surface area contributed by atoms with Gasteiger partial charge in [-0.3, -0.25) is 4.99 Å². The number of aliphatic hydroxyl groups is 3. The number of H-pyrrole nitrogens is 1. The Bertz CT molecular complexity index is 1040. The van der Waals surface area contributed by atoms with Crippen LogP contribution in [0.25, 0.3) is 10.9 Å². The maximum atomic E-state index is 13.3. The normalized spacial score (nSPS) is 29.1. The Balaban J connectivity index is 0.00000432. The molecule has 1 aromatic carbocycles. The molecule has 6 N–H and O–H groups in total. The summed E-state index contributed by atoms with van der Waals surface area (Å²) in [6.07, 6.45) is -2.54. The molecule has 1 aromatic heterocycles. The van der Waals surface area contributed by atoms with Crippen molar-refractivity contribution in [3.8, 4) is 0 Å². The number of aliphatic hydroxyl groups excluding tert-OH is 3. The first-order valence-corrected chi connectivity index (χ1v) is 12.7. The van der Waals surface area contributed by atoms with Gasteiger partial charge in [-0.05, 0) is 36.8 Å². The van der Waals surface area contributed by atoms with Crippen molar-refractivity contribution in [1.29, 1.82) is 0 Å². The third kappa shape index (κ3) is 7.01. The van der Waals surface area contributed by atoms with Crippen LogP contribution in [-0.2, 0) is 15.7 Å². The average molecular weight is 519 g/mol. The molecule has 2 aromatic rings. The number of benzene rings is 1. The predicted molar refractivity (Wildman–Crippen MR) is 123 cm³/mol. The van der Waals surface area contributed by atoms with Crippen molar-refractivity contribution in [3.05, 3.63) is 36.0 Å². The molecule has 0 radical (unpaired) electrons. The fraction of sp³-hybridized carbons (Fsp3) is 0.545. The van der Waals surface area contributed by atoms with Crippen molar-refractivity contribution in [3.63, 3.8) is 0 Å². The molecule has 0 spiro atoms. The van der Waals surface area contributed by atoms with Gasteiger partial charge in [0.2, 0.25) is 13.7 Å². The maximum absolute atomic E-state index is 13.3. The Hall–Kier alpha value is -1.11. The molecule has 13 heteroatoms. The minimum atomic E-state index is -4.21. The number of para-hydroxylation sites is 1. The molecular formula is C22H31N3NaO8P. The summed E-state index contributed by atoms with van der Waals surface area (Å²) in [5, 5.41) is 56.3. The first-order valence-electron chi connectivity index (χ1n) is 11.1. The van der Waals surface area contributed by atoms with Gasteiger partial charge in [0.25, 0.3) is 0 Å². The van der Waals surface area contributed by atoms with E-state index in [1.807, 2.05) is 24.3 Å². The molecular weight excluding hydrogens is 488 g/mol. The zero-order chi connectivity index (χ0) is 25.2. The number of aromatic nitrogens is 1. The molecule has 0 amide bonds. The van der Waals surface area contributed by atoms with Crippen LogP contribution < -0.4 is 44.6 Å². The molecule has 1 unspecified atom stereocenters. The van der Waals surface area contributed by atoms with Crippen molar-refractivity contribution in [1.82, 2.24) is 10.1 Å². The summed E-state index contributed by atoms with van der Waals surface area (Å²) in [4.78, 5) is 32.1. The number of aliphatic imine (C=N–C) groups is 1. The Kier molecular flexibility index (Phi) is 10.7. The van der Waals surface area contributed by atoms with E-state index in [9.17, 15) is 35.2 Å². The third-order valence-corrected chi connectivity index (χ3v) is 8.12. The Morgan fingerprint density at radius 2 is 1.91 bits per heavy atom. The van der Waals surface area contributed by atoms with Crippen LogP contribution in [0.3, 0.4) is 0 Å². The molecule has 35 heavy (non-hydrogen) atoms. The van der Waals surface area contributed by atoms with Crippen LogP contribution >= 0.6 is 7.87 Å². The van der Waals surface area contributed by atoms with Crippen molar-refractivity contribution >= 4 is 30.6 Å². The Labute approximate surface area is 226 Å². The number of carboxylic acid groups (broad SMARTS) is 1. The van der Waals surface area contributed by atoms with Crippen molar-refractivity contribution in [2.45, 2.75) is 69.9 Å². The summed E-state index contributed by atoms with van der Waals surface area (Å²) in [6, 6.07) is 4.71. The fourth-order valence-corrected chi connectivity index (χ4v) is 6.16. The summed E-state index contributed by atoms with van der Waals surface area (Å²) < 4.78 is 5.29. The van der Waals surface area contributed by atoms with Gasteiger partial charge < -0.3 is 35.4 Å². The van der Waals surface area contributed by atoms with E-state index in [0.29, 0.717) is 5.56 Å². The van der Waals surface area contributed by atoms with Crippen molar-refractivity contribution in [2.75, 3.05) is 0 Å². The number of hydrogen-bond acceptors (Lipinski definition) is 9. The number of carboxylic acids is 1. The minimum absolute atomic E-state index is 0. The second-order valence-electron chi connectivity index (χ2n) is 9.00. The zero-order valence-electron chi connectivity index (χ0n) is 20.2. The molecule has 1 aliphatic heterocycles. The van der Waals surface area contributed by atoms with E-state index >= 15 is 0 Å². The predicted octanol–water partition coefficient (Wildman–Crippen LogP) is -3.49. The van der Waals surface area contributed by atoms with E-state index in [4.69, 9.17) is 4.52 Å². The van der Waals surface area contributed by atoms with Crippen LogP contribution in [-0.4, -0.2) is 73.5 Å². The molecule has 0 aliphatic carbocycles. The monoisotopic (exact) mass is 519 g/mol. The summed E-state index contributed by atoms with van der Waals surface area (Å²) in [6.45, 7) is 4.98. The van der Waals surface area contributed by atoms with E-state index in [1.165, 1.54) is 6.92 Å². The summed E-state index contributed by atoms with van der Waals surface area (Å²) in [5.74, 6) is -4.22. The Morgan fingerprint density at radius 3 is 2.54 bits per heavy atom. The number of aliphatic carboxylic acids is 1. The van der Waals surface area contributed by atoms with Crippen molar-refractivity contribution in [2.24, 2.45) is 10.9 Å². The third-order valence-electron chi connectivity index (χ3n) is 5.80. The first kappa shape index (κ1) is 30.1. The van der Waals surface area contributed by atoms with Crippen LogP contribution in [0, 0.1) is 5.92 Å². The van der Waals surface area contributed by atoms with Gasteiger partial charge in [-0.2, -0.15) is 5.09 Å². The Morgan fingerprint density at radius 1 is 1.26 bits per heavy atom. The van der Waals surface area contributed by atoms with Crippen LogP contribution in [0.5, 0.6) is 0 Å². The van der Waals surface area contributed by atoms with Crippen molar-refractivity contribution < 1.29 is 69.3 Å². The molecule has 1 fully saturated rings. The number of nitrogens with one attached hydrogen (secondary N) is 2. The molecule has 0 bridgehead atoms. The van der Waals surface area contributed by atoms with Crippen LogP contribution in [0.2, 0.25) is 0 Å². The molecule has 3 rings (SSSR count). The van der Waals surface area contributed by atoms with Gasteiger partial charge in [0.15, 0.2) is 0 Å². The number of hydrogen-bond donors (Lipinski definition) is 6. The minimum Gasteiger partial charge on any atom is -0.861 e. The fourth-order valence-electron chi connectivity index (χ4n) is 3.97. The van der Waals surface area contributed by atoms with Crippen LogP contribution in [0.15, 0.2) is 35.5 Å². The first-order chi connectivity index (χ1) is 15.9. The molecule has 0 saturated carbocycles. The second kappa shape index (κ2) is 12.4. The summed E-state index contributed by atoms with van der Waals surface area (Å²) in [5.41, 5.74) is 1.50. The molecule has 1 saturated heterocycles. The SMILES string of the molecule is CC(C)C[C@H](N[P+]1([O-])O[C@@H](C)[C@H](O)[C@@H](O)[C@H]1O)C([O-])=N[C@@H](Cc1c[nH]c2ccccc12)C(=O)O.[Na+]. The summed E-state index contributed by atoms with van der Waals surface area (Å²) >= 11 is 0.